The van der Waals surface area contributed by atoms with E-state index in [0.717, 1.165) is 38.9 Å². The van der Waals surface area contributed by atoms with Crippen LogP contribution in [0.4, 0.5) is 0 Å². The molecule has 1 amide bonds. The average Bonchev–Trinajstić information content (AvgIpc) is 3.06. The second-order valence-corrected chi connectivity index (χ2v) is 6.11. The predicted molar refractivity (Wildman–Crippen MR) is 74.2 cm³/mol. The third-order valence-electron chi connectivity index (χ3n) is 4.52. The number of piperidine rings is 1. The summed E-state index contributed by atoms with van der Waals surface area (Å²) in [7, 11) is 3.51. The van der Waals surface area contributed by atoms with Crippen molar-refractivity contribution in [2.75, 3.05) is 33.8 Å². The third-order valence-corrected chi connectivity index (χ3v) is 4.52. The first-order valence-corrected chi connectivity index (χ1v) is 7.41. The molecule has 1 aromatic rings. The molecule has 0 radical (unpaired) electrons. The lowest BCUT2D eigenvalue weighted by atomic mass is 9.78. The van der Waals surface area contributed by atoms with Gasteiger partial charge in [-0.2, -0.15) is 4.98 Å². The van der Waals surface area contributed by atoms with Crippen molar-refractivity contribution in [3.05, 3.63) is 11.7 Å². The minimum absolute atomic E-state index is 0.192. The molecule has 1 spiro atoms. The van der Waals surface area contributed by atoms with E-state index in [1.54, 1.807) is 7.11 Å². The molecule has 3 rings (SSSR count). The number of methoxy groups -OCH3 is 1. The van der Waals surface area contributed by atoms with Crippen molar-refractivity contribution in [2.45, 2.75) is 32.4 Å². The van der Waals surface area contributed by atoms with Gasteiger partial charge < -0.3 is 14.2 Å². The molecule has 116 valence electrons. The van der Waals surface area contributed by atoms with Crippen molar-refractivity contribution in [1.82, 2.24) is 19.9 Å². The number of ether oxygens (including phenoxy) is 1. The standard InChI is InChI=1S/C14H22N4O3/c1-17-6-3-4-14(13(17)19)5-7-18(10-14)8-12-15-11(9-20-2)16-21-12/h3-10H2,1-2H3/t14-/m1/s1. The van der Waals surface area contributed by atoms with Gasteiger partial charge in [0.05, 0.1) is 12.0 Å². The number of hydrogen-bond acceptors (Lipinski definition) is 6. The fourth-order valence-corrected chi connectivity index (χ4v) is 3.47. The molecule has 1 atom stereocenters. The van der Waals surface area contributed by atoms with Crippen LogP contribution >= 0.6 is 0 Å². The van der Waals surface area contributed by atoms with E-state index in [1.807, 2.05) is 11.9 Å². The van der Waals surface area contributed by atoms with Gasteiger partial charge in [-0.1, -0.05) is 5.16 Å². The van der Waals surface area contributed by atoms with Gasteiger partial charge in [0.25, 0.3) is 0 Å². The van der Waals surface area contributed by atoms with Gasteiger partial charge >= 0.3 is 0 Å². The van der Waals surface area contributed by atoms with Gasteiger partial charge in [-0.05, 0) is 25.8 Å². The van der Waals surface area contributed by atoms with Crippen molar-refractivity contribution >= 4 is 5.91 Å². The fourth-order valence-electron chi connectivity index (χ4n) is 3.47. The number of hydrogen-bond donors (Lipinski definition) is 0. The molecule has 7 nitrogen and oxygen atoms in total. The molecular formula is C14H22N4O3. The molecule has 0 saturated carbocycles. The zero-order valence-corrected chi connectivity index (χ0v) is 12.7. The predicted octanol–water partition coefficient (Wildman–Crippen LogP) is 0.660. The Kier molecular flexibility index (Phi) is 3.95. The molecule has 0 aliphatic carbocycles. The zero-order chi connectivity index (χ0) is 14.9. The molecule has 1 aromatic heterocycles. The summed E-state index contributed by atoms with van der Waals surface area (Å²) in [6, 6.07) is 0. The summed E-state index contributed by atoms with van der Waals surface area (Å²) in [5.74, 6) is 1.45. The van der Waals surface area contributed by atoms with Crippen molar-refractivity contribution < 1.29 is 14.1 Å². The summed E-state index contributed by atoms with van der Waals surface area (Å²) in [6.45, 7) is 3.54. The monoisotopic (exact) mass is 294 g/mol. The van der Waals surface area contributed by atoms with Gasteiger partial charge in [0.2, 0.25) is 11.8 Å². The summed E-state index contributed by atoms with van der Waals surface area (Å²) >= 11 is 0. The molecule has 2 fully saturated rings. The van der Waals surface area contributed by atoms with E-state index in [2.05, 4.69) is 15.0 Å². The second kappa shape index (κ2) is 5.73. The Balaban J connectivity index is 1.62. The van der Waals surface area contributed by atoms with Crippen LogP contribution in [0.25, 0.3) is 0 Å². The Morgan fingerprint density at radius 1 is 1.38 bits per heavy atom. The van der Waals surface area contributed by atoms with Gasteiger partial charge in [0, 0.05) is 27.2 Å². The highest BCUT2D eigenvalue weighted by molar-refractivity contribution is 5.83. The first kappa shape index (κ1) is 14.5. The molecule has 2 saturated heterocycles. The van der Waals surface area contributed by atoms with E-state index >= 15 is 0 Å². The summed E-state index contributed by atoms with van der Waals surface area (Å²) < 4.78 is 10.2. The first-order valence-electron chi connectivity index (χ1n) is 7.41. The van der Waals surface area contributed by atoms with Crippen molar-refractivity contribution in [2.24, 2.45) is 5.41 Å². The van der Waals surface area contributed by atoms with Crippen LogP contribution in [-0.2, 0) is 22.7 Å². The van der Waals surface area contributed by atoms with Crippen LogP contribution in [0.15, 0.2) is 4.52 Å². The normalized spacial score (nSPS) is 27.0. The highest BCUT2D eigenvalue weighted by Gasteiger charge is 2.47. The van der Waals surface area contributed by atoms with Gasteiger partial charge in [-0.15, -0.1) is 0 Å². The van der Waals surface area contributed by atoms with E-state index in [0.29, 0.717) is 30.8 Å². The number of rotatable bonds is 4. The Morgan fingerprint density at radius 2 is 2.24 bits per heavy atom. The lowest BCUT2D eigenvalue weighted by Gasteiger charge is -2.37. The summed E-state index contributed by atoms with van der Waals surface area (Å²) in [5, 5.41) is 3.87. The lowest BCUT2D eigenvalue weighted by Crippen LogP contribution is -2.48. The molecule has 0 unspecified atom stereocenters. The van der Waals surface area contributed by atoms with Crippen molar-refractivity contribution in [3.8, 4) is 0 Å². The molecule has 2 aliphatic rings. The molecule has 0 N–H and O–H groups in total. The van der Waals surface area contributed by atoms with Crippen molar-refractivity contribution in [3.63, 3.8) is 0 Å². The molecule has 21 heavy (non-hydrogen) atoms. The van der Waals surface area contributed by atoms with Crippen molar-refractivity contribution in [1.29, 1.82) is 0 Å². The number of nitrogens with zero attached hydrogens (tertiary/aromatic N) is 4. The van der Waals surface area contributed by atoms with Gasteiger partial charge in [-0.25, -0.2) is 0 Å². The largest absolute Gasteiger partial charge is 0.377 e. The topological polar surface area (TPSA) is 71.7 Å². The van der Waals surface area contributed by atoms with Crippen LogP contribution in [0.5, 0.6) is 0 Å². The number of amides is 1. The molecule has 7 heteroatoms. The second-order valence-electron chi connectivity index (χ2n) is 6.11. The lowest BCUT2D eigenvalue weighted by molar-refractivity contribution is -0.144. The maximum absolute atomic E-state index is 12.5. The minimum Gasteiger partial charge on any atom is -0.377 e. The van der Waals surface area contributed by atoms with Gasteiger partial charge in [0.15, 0.2) is 5.82 Å². The van der Waals surface area contributed by atoms with E-state index in [9.17, 15) is 4.79 Å². The smallest absolute Gasteiger partial charge is 0.240 e. The number of carbonyl (C=O) groups excluding carboxylic acids is 1. The van der Waals surface area contributed by atoms with Crippen LogP contribution in [-0.4, -0.2) is 59.6 Å². The molecule has 0 aromatic carbocycles. The molecule has 3 heterocycles. The zero-order valence-electron chi connectivity index (χ0n) is 12.7. The van der Waals surface area contributed by atoms with Crippen LogP contribution in [0.1, 0.15) is 31.0 Å². The van der Waals surface area contributed by atoms with E-state index in [-0.39, 0.29) is 5.41 Å². The first-order chi connectivity index (χ1) is 10.1. The van der Waals surface area contributed by atoms with E-state index in [4.69, 9.17) is 9.26 Å². The summed E-state index contributed by atoms with van der Waals surface area (Å²) in [5.41, 5.74) is -0.192. The Labute approximate surface area is 124 Å². The van der Waals surface area contributed by atoms with Crippen LogP contribution in [0, 0.1) is 5.41 Å². The highest BCUT2D eigenvalue weighted by Crippen LogP contribution is 2.39. The fraction of sp³-hybridized carbons (Fsp3) is 0.786. The number of aromatic nitrogens is 2. The molecule has 2 aliphatic heterocycles. The van der Waals surface area contributed by atoms with Gasteiger partial charge in [-0.3, -0.25) is 9.69 Å². The highest BCUT2D eigenvalue weighted by atomic mass is 16.5. The molecule has 0 bridgehead atoms. The van der Waals surface area contributed by atoms with Gasteiger partial charge in [0.1, 0.15) is 6.61 Å². The van der Waals surface area contributed by atoms with E-state index in [1.165, 1.54) is 0 Å². The minimum atomic E-state index is -0.192. The van der Waals surface area contributed by atoms with E-state index < -0.39 is 0 Å². The number of carbonyl (C=O) groups is 1. The molecular weight excluding hydrogens is 272 g/mol. The maximum Gasteiger partial charge on any atom is 0.240 e. The average molecular weight is 294 g/mol. The Bertz CT molecular complexity index is 518. The Hall–Kier alpha value is -1.47. The Morgan fingerprint density at radius 3 is 3.05 bits per heavy atom. The van der Waals surface area contributed by atoms with Crippen LogP contribution in [0.2, 0.25) is 0 Å². The maximum atomic E-state index is 12.5. The van der Waals surface area contributed by atoms with Crippen LogP contribution in [0.3, 0.4) is 0 Å². The summed E-state index contributed by atoms with van der Waals surface area (Å²) in [6.07, 6.45) is 3.01. The SMILES string of the molecule is COCc1noc(CN2CC[C@]3(CCCN(C)C3=O)C2)n1. The van der Waals surface area contributed by atoms with Crippen LogP contribution < -0.4 is 0 Å². The quantitative estimate of drug-likeness (QED) is 0.812. The number of likely N-dealkylation sites (tertiary alicyclic amines) is 2. The third kappa shape index (κ3) is 2.80. The summed E-state index contributed by atoms with van der Waals surface area (Å²) in [4.78, 5) is 20.9.